The van der Waals surface area contributed by atoms with Gasteiger partial charge < -0.3 is 10.2 Å². The van der Waals surface area contributed by atoms with Gasteiger partial charge >= 0.3 is 0 Å². The van der Waals surface area contributed by atoms with E-state index in [0.717, 1.165) is 19.5 Å². The van der Waals surface area contributed by atoms with Gasteiger partial charge in [0.15, 0.2) is 0 Å². The third-order valence-corrected chi connectivity index (χ3v) is 4.08. The second-order valence-corrected chi connectivity index (χ2v) is 5.23. The predicted molar refractivity (Wildman–Crippen MR) is 76.7 cm³/mol. The van der Waals surface area contributed by atoms with Gasteiger partial charge in [-0.2, -0.15) is 5.10 Å². The molecule has 0 bridgehead atoms. The summed E-state index contributed by atoms with van der Waals surface area (Å²) in [6.07, 6.45) is 5.24. The van der Waals surface area contributed by atoms with Crippen LogP contribution in [0.15, 0.2) is 12.4 Å². The molecule has 1 heterocycles. The molecule has 18 heavy (non-hydrogen) atoms. The quantitative estimate of drug-likeness (QED) is 0.808. The molecule has 0 aliphatic heterocycles. The molecule has 1 rings (SSSR count). The Balaban J connectivity index is 3.07. The molecule has 2 atom stereocenters. The van der Waals surface area contributed by atoms with Crippen molar-refractivity contribution in [2.45, 2.75) is 52.2 Å². The Labute approximate surface area is 111 Å². The van der Waals surface area contributed by atoms with E-state index in [1.54, 1.807) is 0 Å². The lowest BCUT2D eigenvalue weighted by Crippen LogP contribution is -2.51. The molecule has 104 valence electrons. The van der Waals surface area contributed by atoms with Gasteiger partial charge in [0, 0.05) is 23.8 Å². The van der Waals surface area contributed by atoms with Gasteiger partial charge in [0.05, 0.1) is 12.2 Å². The number of hydrogen-bond donors (Lipinski definition) is 1. The third-order valence-electron chi connectivity index (χ3n) is 4.08. The van der Waals surface area contributed by atoms with Crippen LogP contribution in [-0.2, 0) is 6.54 Å². The van der Waals surface area contributed by atoms with Gasteiger partial charge in [0.25, 0.3) is 0 Å². The third kappa shape index (κ3) is 2.93. The summed E-state index contributed by atoms with van der Waals surface area (Å²) in [7, 11) is 4.30. The fourth-order valence-corrected chi connectivity index (χ4v) is 2.38. The second kappa shape index (κ2) is 6.34. The number of likely N-dealkylation sites (N-methyl/N-ethyl adjacent to an activating group) is 2. The number of rotatable bonds is 7. The second-order valence-electron chi connectivity index (χ2n) is 5.23. The summed E-state index contributed by atoms with van der Waals surface area (Å²) >= 11 is 0. The highest BCUT2D eigenvalue weighted by molar-refractivity contribution is 5.17. The molecular weight excluding hydrogens is 224 g/mol. The maximum atomic E-state index is 4.40. The first-order chi connectivity index (χ1) is 8.49. The molecule has 0 radical (unpaired) electrons. The molecular formula is C14H28N4. The molecule has 1 aromatic rings. The summed E-state index contributed by atoms with van der Waals surface area (Å²) in [4.78, 5) is 2.31. The summed E-state index contributed by atoms with van der Waals surface area (Å²) in [6.45, 7) is 10.7. The van der Waals surface area contributed by atoms with E-state index in [1.165, 1.54) is 5.56 Å². The van der Waals surface area contributed by atoms with Crippen molar-refractivity contribution in [2.24, 2.45) is 0 Å². The van der Waals surface area contributed by atoms with Crippen LogP contribution in [0, 0.1) is 0 Å². The topological polar surface area (TPSA) is 33.1 Å². The van der Waals surface area contributed by atoms with Crippen molar-refractivity contribution in [3.63, 3.8) is 0 Å². The fourth-order valence-electron chi connectivity index (χ4n) is 2.38. The Morgan fingerprint density at radius 1 is 1.39 bits per heavy atom. The molecule has 0 aliphatic carbocycles. The van der Waals surface area contributed by atoms with Gasteiger partial charge in [-0.05, 0) is 40.9 Å². The van der Waals surface area contributed by atoms with Crippen molar-refractivity contribution in [1.29, 1.82) is 0 Å². The average Bonchev–Trinajstić information content (AvgIpc) is 2.83. The number of aryl methyl sites for hydroxylation is 1. The van der Waals surface area contributed by atoms with E-state index >= 15 is 0 Å². The Morgan fingerprint density at radius 2 is 2.06 bits per heavy atom. The van der Waals surface area contributed by atoms with E-state index < -0.39 is 0 Å². The highest BCUT2D eigenvalue weighted by Gasteiger charge is 2.35. The zero-order valence-electron chi connectivity index (χ0n) is 12.7. The maximum absolute atomic E-state index is 4.40. The van der Waals surface area contributed by atoms with Crippen molar-refractivity contribution in [2.75, 3.05) is 20.6 Å². The molecule has 1 aromatic heterocycles. The first-order valence-electron chi connectivity index (χ1n) is 6.92. The minimum Gasteiger partial charge on any atom is -0.309 e. The highest BCUT2D eigenvalue weighted by atomic mass is 15.3. The van der Waals surface area contributed by atoms with Gasteiger partial charge in [0.1, 0.15) is 0 Å². The molecule has 0 spiro atoms. The normalized spacial score (nSPS) is 16.8. The van der Waals surface area contributed by atoms with Gasteiger partial charge in [0.2, 0.25) is 0 Å². The minimum absolute atomic E-state index is 0.0949. The van der Waals surface area contributed by atoms with Crippen molar-refractivity contribution in [1.82, 2.24) is 20.0 Å². The van der Waals surface area contributed by atoms with Crippen LogP contribution < -0.4 is 5.32 Å². The lowest BCUT2D eigenvalue weighted by molar-refractivity contribution is 0.113. The van der Waals surface area contributed by atoms with Crippen molar-refractivity contribution in [3.05, 3.63) is 18.0 Å². The highest BCUT2D eigenvalue weighted by Crippen LogP contribution is 2.32. The Kier molecular flexibility index (Phi) is 5.35. The van der Waals surface area contributed by atoms with E-state index in [-0.39, 0.29) is 5.54 Å². The van der Waals surface area contributed by atoms with E-state index in [2.05, 4.69) is 63.3 Å². The predicted octanol–water partition coefficient (Wildman–Crippen LogP) is 2.28. The lowest BCUT2D eigenvalue weighted by Gasteiger charge is -2.42. The van der Waals surface area contributed by atoms with Gasteiger partial charge in [-0.1, -0.05) is 13.8 Å². The standard InChI is InChI=1S/C14H28N4/c1-7-14(4,17(5)6)13(15-8-2)12-10-16-18(9-3)11-12/h10-11,13,15H,7-9H2,1-6H3. The Bertz CT molecular complexity index is 358. The fraction of sp³-hybridized carbons (Fsp3) is 0.786. The average molecular weight is 252 g/mol. The summed E-state index contributed by atoms with van der Waals surface area (Å²) < 4.78 is 1.99. The molecule has 4 nitrogen and oxygen atoms in total. The molecule has 0 aromatic carbocycles. The molecule has 0 amide bonds. The minimum atomic E-state index is 0.0949. The van der Waals surface area contributed by atoms with Crippen molar-refractivity contribution >= 4 is 0 Å². The molecule has 0 saturated carbocycles. The summed E-state index contributed by atoms with van der Waals surface area (Å²) in [6, 6.07) is 0.308. The summed E-state index contributed by atoms with van der Waals surface area (Å²) in [5.74, 6) is 0. The van der Waals surface area contributed by atoms with Gasteiger partial charge in [-0.25, -0.2) is 0 Å². The van der Waals surface area contributed by atoms with Crippen LogP contribution in [0.5, 0.6) is 0 Å². The summed E-state index contributed by atoms with van der Waals surface area (Å²) in [5.41, 5.74) is 1.37. The molecule has 2 unspecified atom stereocenters. The number of hydrogen-bond acceptors (Lipinski definition) is 3. The van der Waals surface area contributed by atoms with Crippen LogP contribution >= 0.6 is 0 Å². The van der Waals surface area contributed by atoms with Gasteiger partial charge in [-0.15, -0.1) is 0 Å². The Hall–Kier alpha value is -0.870. The van der Waals surface area contributed by atoms with Crippen LogP contribution in [0.3, 0.4) is 0 Å². The first kappa shape index (κ1) is 15.2. The van der Waals surface area contributed by atoms with Crippen molar-refractivity contribution < 1.29 is 0 Å². The number of nitrogens with zero attached hydrogens (tertiary/aromatic N) is 3. The maximum Gasteiger partial charge on any atom is 0.0538 e. The zero-order valence-corrected chi connectivity index (χ0v) is 12.7. The monoisotopic (exact) mass is 252 g/mol. The number of nitrogens with one attached hydrogen (secondary N) is 1. The molecule has 1 N–H and O–H groups in total. The molecule has 4 heteroatoms. The molecule has 0 fully saturated rings. The molecule has 0 saturated heterocycles. The summed E-state index contributed by atoms with van der Waals surface area (Å²) in [5, 5.41) is 8.02. The zero-order chi connectivity index (χ0) is 13.8. The Morgan fingerprint density at radius 3 is 2.44 bits per heavy atom. The number of aromatic nitrogens is 2. The van der Waals surface area contributed by atoms with Crippen LogP contribution in [0.25, 0.3) is 0 Å². The SMILES string of the molecule is CCNC(c1cnn(CC)c1)C(C)(CC)N(C)C. The van der Waals surface area contributed by atoms with E-state index in [4.69, 9.17) is 0 Å². The van der Waals surface area contributed by atoms with E-state index in [1.807, 2.05) is 10.9 Å². The first-order valence-corrected chi connectivity index (χ1v) is 6.92. The smallest absolute Gasteiger partial charge is 0.0538 e. The van der Waals surface area contributed by atoms with Crippen molar-refractivity contribution in [3.8, 4) is 0 Å². The van der Waals surface area contributed by atoms with Crippen LogP contribution in [0.4, 0.5) is 0 Å². The van der Waals surface area contributed by atoms with E-state index in [9.17, 15) is 0 Å². The molecule has 0 aliphatic rings. The van der Waals surface area contributed by atoms with Crippen LogP contribution in [0.1, 0.15) is 45.7 Å². The largest absolute Gasteiger partial charge is 0.309 e. The van der Waals surface area contributed by atoms with Gasteiger partial charge in [-0.3, -0.25) is 4.68 Å². The lowest BCUT2D eigenvalue weighted by atomic mass is 9.84. The van der Waals surface area contributed by atoms with E-state index in [0.29, 0.717) is 6.04 Å². The van der Waals surface area contributed by atoms with Crippen LogP contribution in [-0.4, -0.2) is 40.9 Å². The van der Waals surface area contributed by atoms with Crippen LogP contribution in [0.2, 0.25) is 0 Å².